The van der Waals surface area contributed by atoms with Gasteiger partial charge in [0.1, 0.15) is 29.1 Å². The van der Waals surface area contributed by atoms with Crippen molar-refractivity contribution >= 4 is 34.5 Å². The summed E-state index contributed by atoms with van der Waals surface area (Å²) in [5.41, 5.74) is 3.66. The number of carbonyl (C=O) groups excluding carboxylic acids is 2. The van der Waals surface area contributed by atoms with Crippen LogP contribution in [0.15, 0.2) is 77.8 Å². The predicted molar refractivity (Wildman–Crippen MR) is 211 cm³/mol. The second-order valence-corrected chi connectivity index (χ2v) is 15.2. The van der Waals surface area contributed by atoms with E-state index in [-0.39, 0.29) is 49.1 Å². The van der Waals surface area contributed by atoms with Crippen LogP contribution in [-0.4, -0.2) is 113 Å². The van der Waals surface area contributed by atoms with Gasteiger partial charge in [0, 0.05) is 57.1 Å². The number of amides is 2. The molecule has 1 saturated heterocycles. The second-order valence-electron chi connectivity index (χ2n) is 14.3. The molecule has 5 rings (SSSR count). The van der Waals surface area contributed by atoms with Crippen LogP contribution < -0.4 is 4.74 Å². The summed E-state index contributed by atoms with van der Waals surface area (Å²) in [6.45, 7) is 8.73. The Bertz CT molecular complexity index is 1840. The van der Waals surface area contributed by atoms with Crippen molar-refractivity contribution in [3.05, 3.63) is 83.9 Å². The second kappa shape index (κ2) is 19.5. The number of fused-ring (bicyclic) bond motifs is 1. The van der Waals surface area contributed by atoms with Crippen LogP contribution in [0.25, 0.3) is 22.3 Å². The highest BCUT2D eigenvalue weighted by molar-refractivity contribution is 8.00. The van der Waals surface area contributed by atoms with Crippen molar-refractivity contribution in [2.24, 2.45) is 11.8 Å². The number of nitrogens with zero attached hydrogens (tertiary/aromatic N) is 4. The Balaban J connectivity index is 1.57. The van der Waals surface area contributed by atoms with E-state index in [2.05, 4.69) is 19.9 Å². The third kappa shape index (κ3) is 10.4. The monoisotopic (exact) mass is 758 g/mol. The molecule has 1 aliphatic heterocycles. The van der Waals surface area contributed by atoms with Crippen LogP contribution in [0.5, 0.6) is 5.75 Å². The molecule has 2 N–H and O–H groups in total. The largest absolute Gasteiger partial charge is 0.497 e. The first kappa shape index (κ1) is 41.1. The van der Waals surface area contributed by atoms with E-state index in [1.807, 2.05) is 78.6 Å². The number of methoxy groups -OCH3 is 2. The van der Waals surface area contributed by atoms with E-state index in [0.717, 1.165) is 32.6 Å². The van der Waals surface area contributed by atoms with Gasteiger partial charge >= 0.3 is 0 Å². The molecule has 1 fully saturated rings. The number of hydrogen-bond donors (Lipinski definition) is 2. The van der Waals surface area contributed by atoms with Gasteiger partial charge < -0.3 is 34.2 Å². The standard InChI is InChI=1S/C42H54N4O7S/c1-27(2)34-23-45(29(4)47)24-37(52-6)40(50)36(48)25-53-20-11-10-19-46(39(34)31-15-12-16-32(22-31)51-5)38(49)26-54-42-33-21-28(3)17-18-35(33)43-41(44-42)30-13-8-7-9-14-30/h7-9,12-18,21-22,27,34,36-37,39-40,48,50H,10-11,19-20,23-26H2,1-6H3/t34-,36+,37+,39-,40+/m1/s1. The molecule has 0 saturated carbocycles. The molecule has 0 aliphatic carbocycles. The first-order chi connectivity index (χ1) is 26.0. The number of thioether (sulfide) groups is 1. The molecule has 0 bridgehead atoms. The highest BCUT2D eigenvalue weighted by atomic mass is 32.2. The summed E-state index contributed by atoms with van der Waals surface area (Å²) < 4.78 is 17.1. The van der Waals surface area contributed by atoms with E-state index >= 15 is 0 Å². The number of benzene rings is 3. The van der Waals surface area contributed by atoms with Gasteiger partial charge in [-0.3, -0.25) is 9.59 Å². The number of aryl methyl sites for hydroxylation is 1. The van der Waals surface area contributed by atoms with Crippen LogP contribution in [0.3, 0.4) is 0 Å². The van der Waals surface area contributed by atoms with Crippen LogP contribution in [0.4, 0.5) is 0 Å². The Labute approximate surface area is 323 Å². The summed E-state index contributed by atoms with van der Waals surface area (Å²) in [7, 11) is 3.07. The minimum absolute atomic E-state index is 0.0174. The molecule has 290 valence electrons. The van der Waals surface area contributed by atoms with Gasteiger partial charge in [-0.1, -0.05) is 79.7 Å². The van der Waals surface area contributed by atoms with Gasteiger partial charge in [0.2, 0.25) is 11.8 Å². The number of carbonyl (C=O) groups is 2. The minimum Gasteiger partial charge on any atom is -0.497 e. The van der Waals surface area contributed by atoms with Crippen LogP contribution in [0, 0.1) is 18.8 Å². The molecule has 3 aromatic carbocycles. The van der Waals surface area contributed by atoms with Crippen LogP contribution in [0.2, 0.25) is 0 Å². The zero-order valence-electron chi connectivity index (χ0n) is 32.2. The average Bonchev–Trinajstić information content (AvgIpc) is 3.18. The fourth-order valence-corrected chi connectivity index (χ4v) is 7.89. The molecular weight excluding hydrogens is 705 g/mol. The summed E-state index contributed by atoms with van der Waals surface area (Å²) >= 11 is 1.40. The summed E-state index contributed by atoms with van der Waals surface area (Å²) in [4.78, 5) is 41.6. The molecule has 12 heteroatoms. The average molecular weight is 759 g/mol. The molecule has 54 heavy (non-hydrogen) atoms. The van der Waals surface area contributed by atoms with Gasteiger partial charge in [0.05, 0.1) is 31.0 Å². The predicted octanol–water partition coefficient (Wildman–Crippen LogP) is 5.94. The third-order valence-corrected chi connectivity index (χ3v) is 11.1. The molecule has 11 nitrogen and oxygen atoms in total. The van der Waals surface area contributed by atoms with E-state index < -0.39 is 24.4 Å². The van der Waals surface area contributed by atoms with Crippen LogP contribution >= 0.6 is 11.8 Å². The molecule has 0 radical (unpaired) electrons. The normalized spacial score (nSPS) is 22.1. The van der Waals surface area contributed by atoms with E-state index in [0.29, 0.717) is 37.6 Å². The smallest absolute Gasteiger partial charge is 0.233 e. The fraction of sp³-hybridized carbons (Fsp3) is 0.476. The molecule has 1 aromatic heterocycles. The van der Waals surface area contributed by atoms with E-state index in [4.69, 9.17) is 24.2 Å². The first-order valence-electron chi connectivity index (χ1n) is 18.6. The van der Waals surface area contributed by atoms with Crippen LogP contribution in [0.1, 0.15) is 50.8 Å². The maximum atomic E-state index is 14.9. The van der Waals surface area contributed by atoms with Crippen molar-refractivity contribution in [3.8, 4) is 17.1 Å². The molecule has 2 heterocycles. The number of hydrogen-bond acceptors (Lipinski definition) is 10. The maximum Gasteiger partial charge on any atom is 0.233 e. The fourth-order valence-electron chi connectivity index (χ4n) is 6.99. The number of ether oxygens (including phenoxy) is 3. The van der Waals surface area contributed by atoms with Gasteiger partial charge in [-0.05, 0) is 55.5 Å². The topological polar surface area (TPSA) is 135 Å². The van der Waals surface area contributed by atoms with Crippen molar-refractivity contribution in [2.75, 3.05) is 52.8 Å². The lowest BCUT2D eigenvalue weighted by atomic mass is 9.82. The van der Waals surface area contributed by atoms with E-state index in [1.165, 1.54) is 25.8 Å². The summed E-state index contributed by atoms with van der Waals surface area (Å²) in [6.07, 6.45) is -2.07. The minimum atomic E-state index is -1.27. The van der Waals surface area contributed by atoms with Gasteiger partial charge in [0.15, 0.2) is 5.82 Å². The highest BCUT2D eigenvalue weighted by Gasteiger charge is 2.37. The highest BCUT2D eigenvalue weighted by Crippen LogP contribution is 2.38. The Morgan fingerprint density at radius 3 is 2.46 bits per heavy atom. The van der Waals surface area contributed by atoms with Crippen LogP contribution in [-0.2, 0) is 19.1 Å². The molecular formula is C42H54N4O7S. The zero-order valence-corrected chi connectivity index (χ0v) is 33.0. The lowest BCUT2D eigenvalue weighted by molar-refractivity contribution is -0.139. The lowest BCUT2D eigenvalue weighted by Crippen LogP contribution is -2.51. The van der Waals surface area contributed by atoms with Gasteiger partial charge in [-0.15, -0.1) is 0 Å². The summed E-state index contributed by atoms with van der Waals surface area (Å²) in [5.74, 6) is 0.891. The Morgan fingerprint density at radius 1 is 0.981 bits per heavy atom. The SMILES string of the molecule is COc1cccc([C@@H]2[C@@H](C(C)C)CN(C(C)=O)C[C@H](OC)[C@@H](O)[C@@H](O)COCCCCN2C(=O)CSc2nc(-c3ccccc3)nc3ccc(C)cc23)c1. The molecule has 4 aromatic rings. The molecule has 2 amide bonds. The molecule has 0 unspecified atom stereocenters. The molecule has 0 spiro atoms. The van der Waals surface area contributed by atoms with Gasteiger partial charge in [0.25, 0.3) is 0 Å². The Morgan fingerprint density at radius 2 is 1.76 bits per heavy atom. The van der Waals surface area contributed by atoms with Gasteiger partial charge in [-0.2, -0.15) is 0 Å². The van der Waals surface area contributed by atoms with Crippen molar-refractivity contribution in [1.82, 2.24) is 19.8 Å². The van der Waals surface area contributed by atoms with E-state index in [1.54, 1.807) is 12.0 Å². The quantitative estimate of drug-likeness (QED) is 0.164. The number of aliphatic hydroxyl groups is 2. The number of aromatic nitrogens is 2. The van der Waals surface area contributed by atoms with Crippen molar-refractivity contribution in [3.63, 3.8) is 0 Å². The maximum absolute atomic E-state index is 14.9. The number of aliphatic hydroxyl groups excluding tert-OH is 2. The molecule has 1 aliphatic rings. The van der Waals surface area contributed by atoms with Gasteiger partial charge in [-0.25, -0.2) is 9.97 Å². The lowest BCUT2D eigenvalue weighted by Gasteiger charge is -2.42. The summed E-state index contributed by atoms with van der Waals surface area (Å²) in [6, 6.07) is 23.3. The third-order valence-electron chi connectivity index (χ3n) is 10.1. The van der Waals surface area contributed by atoms with Crippen molar-refractivity contribution in [1.29, 1.82) is 0 Å². The van der Waals surface area contributed by atoms with Crippen molar-refractivity contribution in [2.45, 2.75) is 69.9 Å². The Kier molecular flexibility index (Phi) is 14.8. The zero-order chi connectivity index (χ0) is 38.8. The summed E-state index contributed by atoms with van der Waals surface area (Å²) in [5, 5.41) is 23.4. The number of rotatable bonds is 8. The van der Waals surface area contributed by atoms with Crippen molar-refractivity contribution < 1.29 is 34.0 Å². The Hall–Kier alpha value is -4.07. The first-order valence-corrected chi connectivity index (χ1v) is 19.6. The van der Waals surface area contributed by atoms with E-state index in [9.17, 15) is 19.8 Å². The molecule has 5 atom stereocenters.